The maximum absolute atomic E-state index is 13.7. The van der Waals surface area contributed by atoms with E-state index in [0.717, 1.165) is 16.8 Å². The zero-order valence-electron chi connectivity index (χ0n) is 20.4. The molecular weight excluding hydrogens is 466 g/mol. The summed E-state index contributed by atoms with van der Waals surface area (Å²) in [6.45, 7) is 4.10. The number of allylic oxidation sites excluding steroid dienone is 3. The lowest BCUT2D eigenvalue weighted by Crippen LogP contribution is -2.36. The summed E-state index contributed by atoms with van der Waals surface area (Å²) in [5.74, 6) is 0.201. The Morgan fingerprint density at radius 3 is 2.51 bits per heavy atom. The Kier molecular flexibility index (Phi) is 7.51. The summed E-state index contributed by atoms with van der Waals surface area (Å²) in [6, 6.07) is 13.1. The molecule has 6 nitrogen and oxygen atoms in total. The number of ketones is 1. The summed E-state index contributed by atoms with van der Waals surface area (Å²) in [7, 11) is 3.19. The van der Waals surface area contributed by atoms with Crippen molar-refractivity contribution in [1.29, 1.82) is 0 Å². The van der Waals surface area contributed by atoms with Crippen molar-refractivity contribution in [3.8, 4) is 11.5 Å². The average molecular weight is 496 g/mol. The first kappa shape index (κ1) is 24.9. The van der Waals surface area contributed by atoms with Gasteiger partial charge >= 0.3 is 5.97 Å². The fraction of sp³-hybridized carbons (Fsp3) is 0.357. The quantitative estimate of drug-likeness (QED) is 0.499. The van der Waals surface area contributed by atoms with Crippen molar-refractivity contribution < 1.29 is 23.8 Å². The number of ether oxygens (including phenoxy) is 3. The van der Waals surface area contributed by atoms with Gasteiger partial charge < -0.3 is 19.5 Å². The van der Waals surface area contributed by atoms with Crippen LogP contribution in [0.2, 0.25) is 5.02 Å². The van der Waals surface area contributed by atoms with Gasteiger partial charge in [0.15, 0.2) is 17.3 Å². The van der Waals surface area contributed by atoms with Crippen LogP contribution in [0.5, 0.6) is 11.5 Å². The summed E-state index contributed by atoms with van der Waals surface area (Å²) >= 11 is 6.59. The molecule has 35 heavy (non-hydrogen) atoms. The number of nitrogens with one attached hydrogen (secondary N) is 1. The topological polar surface area (TPSA) is 73.9 Å². The van der Waals surface area contributed by atoms with Crippen LogP contribution in [-0.4, -0.2) is 32.6 Å². The number of carbonyl (C=O) groups excluding carboxylic acids is 2. The third kappa shape index (κ3) is 4.80. The van der Waals surface area contributed by atoms with Crippen molar-refractivity contribution in [3.63, 3.8) is 0 Å². The van der Waals surface area contributed by atoms with Crippen LogP contribution in [0, 0.1) is 0 Å². The molecule has 1 aliphatic heterocycles. The lowest BCUT2D eigenvalue weighted by molar-refractivity contribution is -0.139. The van der Waals surface area contributed by atoms with E-state index in [-0.39, 0.29) is 11.7 Å². The first-order valence-corrected chi connectivity index (χ1v) is 12.1. The summed E-state index contributed by atoms with van der Waals surface area (Å²) in [6.07, 6.45) is 1.64. The fourth-order valence-electron chi connectivity index (χ4n) is 4.94. The second-order valence-corrected chi connectivity index (χ2v) is 9.20. The van der Waals surface area contributed by atoms with Gasteiger partial charge in [-0.2, -0.15) is 0 Å². The lowest BCUT2D eigenvalue weighted by atomic mass is 9.71. The number of halogens is 1. The third-order valence-corrected chi connectivity index (χ3v) is 6.92. The number of dihydropyridines is 1. The molecular formula is C28H30ClNO5. The van der Waals surface area contributed by atoms with Gasteiger partial charge in [0.25, 0.3) is 0 Å². The number of esters is 1. The normalized spacial score (nSPS) is 19.7. The fourth-order valence-corrected chi connectivity index (χ4v) is 5.19. The predicted octanol–water partition coefficient (Wildman–Crippen LogP) is 5.67. The lowest BCUT2D eigenvalue weighted by Gasteiger charge is -2.37. The summed E-state index contributed by atoms with van der Waals surface area (Å²) in [5, 5.41) is 3.87. The van der Waals surface area contributed by atoms with Gasteiger partial charge in [-0.3, -0.25) is 4.79 Å². The van der Waals surface area contributed by atoms with Crippen molar-refractivity contribution in [2.75, 3.05) is 20.8 Å². The summed E-state index contributed by atoms with van der Waals surface area (Å²) in [5.41, 5.74) is 4.23. The smallest absolute Gasteiger partial charge is 0.336 e. The van der Waals surface area contributed by atoms with Crippen LogP contribution in [0.1, 0.15) is 56.1 Å². The van der Waals surface area contributed by atoms with Gasteiger partial charge in [0.1, 0.15) is 0 Å². The van der Waals surface area contributed by atoms with Gasteiger partial charge in [0.2, 0.25) is 0 Å². The van der Waals surface area contributed by atoms with Crippen molar-refractivity contribution in [2.24, 2.45) is 0 Å². The van der Waals surface area contributed by atoms with Gasteiger partial charge in [0, 0.05) is 34.3 Å². The van der Waals surface area contributed by atoms with E-state index < -0.39 is 11.9 Å². The van der Waals surface area contributed by atoms with E-state index in [0.29, 0.717) is 59.2 Å². The molecule has 0 fully saturated rings. The molecule has 7 heteroatoms. The van der Waals surface area contributed by atoms with Crippen LogP contribution in [0.4, 0.5) is 0 Å². The third-order valence-electron chi connectivity index (χ3n) is 6.58. The van der Waals surface area contributed by atoms with Crippen molar-refractivity contribution >= 4 is 23.4 Å². The minimum absolute atomic E-state index is 0.0169. The highest BCUT2D eigenvalue weighted by atomic mass is 35.5. The first-order chi connectivity index (χ1) is 16.9. The summed E-state index contributed by atoms with van der Waals surface area (Å²) in [4.78, 5) is 26.8. The molecule has 2 aromatic rings. The molecule has 1 aliphatic carbocycles. The molecule has 0 spiro atoms. The van der Waals surface area contributed by atoms with Crippen LogP contribution < -0.4 is 14.8 Å². The zero-order chi connectivity index (χ0) is 25.1. The molecule has 0 aromatic heterocycles. The van der Waals surface area contributed by atoms with Gasteiger partial charge in [0.05, 0.1) is 26.4 Å². The minimum Gasteiger partial charge on any atom is -0.493 e. The Morgan fingerprint density at radius 2 is 1.83 bits per heavy atom. The monoisotopic (exact) mass is 495 g/mol. The molecule has 4 rings (SSSR count). The molecule has 0 unspecified atom stereocenters. The average Bonchev–Trinajstić information content (AvgIpc) is 2.86. The molecule has 2 atom stereocenters. The molecule has 0 saturated carbocycles. The molecule has 1 N–H and O–H groups in total. The maximum Gasteiger partial charge on any atom is 0.336 e. The van der Waals surface area contributed by atoms with E-state index in [1.165, 1.54) is 0 Å². The molecule has 0 amide bonds. The Morgan fingerprint density at radius 1 is 1.09 bits per heavy atom. The van der Waals surface area contributed by atoms with E-state index in [4.69, 9.17) is 25.8 Å². The molecule has 184 valence electrons. The Hall–Kier alpha value is -3.25. The van der Waals surface area contributed by atoms with E-state index in [2.05, 4.69) is 5.32 Å². The Bertz CT molecular complexity index is 1220. The number of Topliss-reactive ketones (excluding diaryl/α,β-unsaturated/α-hetero) is 1. The molecule has 1 heterocycles. The van der Waals surface area contributed by atoms with Crippen LogP contribution >= 0.6 is 11.6 Å². The highest BCUT2D eigenvalue weighted by molar-refractivity contribution is 6.31. The highest BCUT2D eigenvalue weighted by Gasteiger charge is 2.42. The van der Waals surface area contributed by atoms with Gasteiger partial charge in [-0.25, -0.2) is 4.79 Å². The number of methoxy groups -OCH3 is 2. The van der Waals surface area contributed by atoms with Crippen molar-refractivity contribution in [1.82, 2.24) is 5.32 Å². The zero-order valence-corrected chi connectivity index (χ0v) is 21.2. The van der Waals surface area contributed by atoms with E-state index in [1.54, 1.807) is 20.3 Å². The van der Waals surface area contributed by atoms with E-state index in [1.807, 2.05) is 50.2 Å². The number of rotatable bonds is 7. The van der Waals surface area contributed by atoms with Crippen molar-refractivity contribution in [3.05, 3.63) is 81.2 Å². The minimum atomic E-state index is -0.580. The predicted molar refractivity (Wildman–Crippen MR) is 135 cm³/mol. The summed E-state index contributed by atoms with van der Waals surface area (Å²) < 4.78 is 16.3. The van der Waals surface area contributed by atoms with Crippen LogP contribution in [0.15, 0.2) is 65.0 Å². The highest BCUT2D eigenvalue weighted by Crippen LogP contribution is 2.47. The molecule has 0 saturated heterocycles. The number of benzene rings is 2. The molecule has 2 aromatic carbocycles. The SMILES string of the molecule is CCCOC(=O)C1=C(C)NC2=C(C(=O)C[C@H](c3ccc(OC)c(OC)c3)C2)[C@@H]1c1ccccc1Cl. The standard InChI is InChI=1S/C28H30ClNO5/c1-5-12-35-28(32)25-16(2)30-21-13-18(17-10-11-23(33-3)24(15-17)34-4)14-22(31)27(21)26(25)19-8-6-7-9-20(19)29/h6-11,15,18,26,30H,5,12-14H2,1-4H3/t18-,26-/m1/s1. The van der Waals surface area contributed by atoms with Crippen LogP contribution in [-0.2, 0) is 14.3 Å². The van der Waals surface area contributed by atoms with Gasteiger partial charge in [-0.1, -0.05) is 42.8 Å². The number of hydrogen-bond donors (Lipinski definition) is 1. The van der Waals surface area contributed by atoms with Crippen LogP contribution in [0.3, 0.4) is 0 Å². The van der Waals surface area contributed by atoms with Gasteiger partial charge in [-0.15, -0.1) is 0 Å². The first-order valence-electron chi connectivity index (χ1n) is 11.8. The number of carbonyl (C=O) groups is 2. The second-order valence-electron chi connectivity index (χ2n) is 8.79. The van der Waals surface area contributed by atoms with E-state index >= 15 is 0 Å². The van der Waals surface area contributed by atoms with E-state index in [9.17, 15) is 9.59 Å². The Labute approximate surface area is 210 Å². The maximum atomic E-state index is 13.7. The van der Waals surface area contributed by atoms with Crippen LogP contribution in [0.25, 0.3) is 0 Å². The molecule has 0 bridgehead atoms. The van der Waals surface area contributed by atoms with Gasteiger partial charge in [-0.05, 0) is 55.0 Å². The second kappa shape index (κ2) is 10.6. The molecule has 0 radical (unpaired) electrons. The van der Waals surface area contributed by atoms with Crippen molar-refractivity contribution in [2.45, 2.75) is 44.9 Å². The number of hydrogen-bond acceptors (Lipinski definition) is 6. The molecule has 2 aliphatic rings. The Balaban J connectivity index is 1.77. The largest absolute Gasteiger partial charge is 0.493 e.